The predicted octanol–water partition coefficient (Wildman–Crippen LogP) is 2.48. The Morgan fingerprint density at radius 1 is 1.56 bits per heavy atom. The highest BCUT2D eigenvalue weighted by molar-refractivity contribution is 9.10. The molecule has 0 aromatic heterocycles. The van der Waals surface area contributed by atoms with Gasteiger partial charge in [-0.1, -0.05) is 13.0 Å². The smallest absolute Gasteiger partial charge is 0.241 e. The van der Waals surface area contributed by atoms with Gasteiger partial charge in [-0.2, -0.15) is 0 Å². The van der Waals surface area contributed by atoms with Crippen molar-refractivity contribution < 1.29 is 9.90 Å². The van der Waals surface area contributed by atoms with Crippen molar-refractivity contribution in [2.75, 3.05) is 11.9 Å². The Kier molecular flexibility index (Phi) is 4.24. The molecule has 0 radical (unpaired) electrons. The Morgan fingerprint density at radius 3 is 3.06 bits per heavy atom. The third kappa shape index (κ3) is 2.84. The molecule has 1 aromatic carbocycles. The van der Waals surface area contributed by atoms with Gasteiger partial charge in [-0.3, -0.25) is 4.79 Å². The zero-order chi connectivity index (χ0) is 13.1. The minimum atomic E-state index is -0.183. The number of phenolic OH excluding ortho intramolecular Hbond substituents is 1. The van der Waals surface area contributed by atoms with Crippen LogP contribution >= 0.6 is 15.9 Å². The molecule has 18 heavy (non-hydrogen) atoms. The standard InChI is InChI=1S/C13H17BrN2O2/c1-8-4-3-7-15-11(8)13(18)16-10-6-2-5-9(14)12(10)17/h2,5-6,8,11,15,17H,3-4,7H2,1H3,(H,16,18). The van der Waals surface area contributed by atoms with Crippen LogP contribution in [0, 0.1) is 5.92 Å². The molecule has 0 bridgehead atoms. The lowest BCUT2D eigenvalue weighted by Gasteiger charge is -2.29. The second-order valence-electron chi connectivity index (χ2n) is 4.68. The van der Waals surface area contributed by atoms with E-state index < -0.39 is 0 Å². The van der Waals surface area contributed by atoms with E-state index in [1.165, 1.54) is 0 Å². The highest BCUT2D eigenvalue weighted by Crippen LogP contribution is 2.31. The molecule has 2 rings (SSSR count). The van der Waals surface area contributed by atoms with Crippen LogP contribution in [-0.4, -0.2) is 23.6 Å². The van der Waals surface area contributed by atoms with Crippen LogP contribution in [0.5, 0.6) is 5.75 Å². The maximum Gasteiger partial charge on any atom is 0.241 e. The number of rotatable bonds is 2. The normalized spacial score (nSPS) is 23.7. The SMILES string of the molecule is CC1CCCNC1C(=O)Nc1cccc(Br)c1O. The zero-order valence-corrected chi connectivity index (χ0v) is 11.8. The quantitative estimate of drug-likeness (QED) is 0.735. The van der Waals surface area contributed by atoms with Crippen molar-refractivity contribution >= 4 is 27.5 Å². The average Bonchev–Trinajstić information content (AvgIpc) is 2.35. The van der Waals surface area contributed by atoms with Crippen LogP contribution in [0.2, 0.25) is 0 Å². The molecule has 1 saturated heterocycles. The van der Waals surface area contributed by atoms with Gasteiger partial charge in [0.2, 0.25) is 5.91 Å². The second-order valence-corrected chi connectivity index (χ2v) is 5.53. The number of hydrogen-bond acceptors (Lipinski definition) is 3. The molecular formula is C13H17BrN2O2. The van der Waals surface area contributed by atoms with Crippen molar-refractivity contribution in [1.82, 2.24) is 5.32 Å². The zero-order valence-electron chi connectivity index (χ0n) is 10.2. The monoisotopic (exact) mass is 312 g/mol. The molecular weight excluding hydrogens is 296 g/mol. The maximum absolute atomic E-state index is 12.1. The number of anilines is 1. The van der Waals surface area contributed by atoms with Crippen LogP contribution < -0.4 is 10.6 Å². The number of halogens is 1. The molecule has 0 saturated carbocycles. The lowest BCUT2D eigenvalue weighted by Crippen LogP contribution is -2.48. The van der Waals surface area contributed by atoms with Gasteiger partial charge in [0.25, 0.3) is 0 Å². The van der Waals surface area contributed by atoms with Gasteiger partial charge in [-0.25, -0.2) is 0 Å². The molecule has 1 aromatic rings. The summed E-state index contributed by atoms with van der Waals surface area (Å²) < 4.78 is 0.574. The number of phenols is 1. The van der Waals surface area contributed by atoms with Crippen LogP contribution in [-0.2, 0) is 4.79 Å². The van der Waals surface area contributed by atoms with E-state index in [9.17, 15) is 9.90 Å². The Bertz CT molecular complexity index is 451. The van der Waals surface area contributed by atoms with E-state index in [1.54, 1.807) is 18.2 Å². The molecule has 1 fully saturated rings. The van der Waals surface area contributed by atoms with Gasteiger partial charge in [-0.15, -0.1) is 0 Å². The molecule has 3 N–H and O–H groups in total. The van der Waals surface area contributed by atoms with Gasteiger partial charge in [-0.05, 0) is 53.4 Å². The third-order valence-electron chi connectivity index (χ3n) is 3.30. The number of carbonyl (C=O) groups excluding carboxylic acids is 1. The summed E-state index contributed by atoms with van der Waals surface area (Å²) in [5, 5.41) is 15.8. The summed E-state index contributed by atoms with van der Waals surface area (Å²) in [4.78, 5) is 12.1. The molecule has 98 valence electrons. The molecule has 0 spiro atoms. The highest BCUT2D eigenvalue weighted by atomic mass is 79.9. The molecule has 2 atom stereocenters. The first-order valence-electron chi connectivity index (χ1n) is 6.11. The number of para-hydroxylation sites is 1. The fraction of sp³-hybridized carbons (Fsp3) is 0.462. The van der Waals surface area contributed by atoms with E-state index in [0.29, 0.717) is 16.1 Å². The third-order valence-corrected chi connectivity index (χ3v) is 3.94. The number of carbonyl (C=O) groups is 1. The largest absolute Gasteiger partial charge is 0.505 e. The van der Waals surface area contributed by atoms with Crippen LogP contribution in [0.3, 0.4) is 0 Å². The summed E-state index contributed by atoms with van der Waals surface area (Å²) >= 11 is 3.23. The summed E-state index contributed by atoms with van der Waals surface area (Å²) in [5.74, 6) is 0.290. The van der Waals surface area contributed by atoms with Crippen molar-refractivity contribution in [3.63, 3.8) is 0 Å². The van der Waals surface area contributed by atoms with E-state index in [1.807, 2.05) is 0 Å². The summed E-state index contributed by atoms with van der Waals surface area (Å²) in [6.07, 6.45) is 2.16. The summed E-state index contributed by atoms with van der Waals surface area (Å²) in [5.41, 5.74) is 0.439. The number of amides is 1. The first-order chi connectivity index (χ1) is 8.59. The molecule has 1 amide bonds. The maximum atomic E-state index is 12.1. The van der Waals surface area contributed by atoms with Crippen LogP contribution in [0.4, 0.5) is 5.69 Å². The van der Waals surface area contributed by atoms with E-state index in [0.717, 1.165) is 19.4 Å². The lowest BCUT2D eigenvalue weighted by atomic mass is 9.92. The van der Waals surface area contributed by atoms with E-state index >= 15 is 0 Å². The fourth-order valence-corrected chi connectivity index (χ4v) is 2.59. The molecule has 1 aliphatic heterocycles. The summed E-state index contributed by atoms with van der Waals surface area (Å²) in [6.45, 7) is 2.93. The molecule has 4 nitrogen and oxygen atoms in total. The molecule has 2 unspecified atom stereocenters. The van der Waals surface area contributed by atoms with Gasteiger partial charge < -0.3 is 15.7 Å². The van der Waals surface area contributed by atoms with Gasteiger partial charge in [0.1, 0.15) is 0 Å². The van der Waals surface area contributed by atoms with E-state index in [2.05, 4.69) is 33.5 Å². The van der Waals surface area contributed by atoms with Gasteiger partial charge in [0.05, 0.1) is 16.2 Å². The van der Waals surface area contributed by atoms with Crippen molar-refractivity contribution in [3.05, 3.63) is 22.7 Å². The summed E-state index contributed by atoms with van der Waals surface area (Å²) in [7, 11) is 0. The van der Waals surface area contributed by atoms with Crippen molar-refractivity contribution in [3.8, 4) is 5.75 Å². The number of hydrogen-bond donors (Lipinski definition) is 3. The van der Waals surface area contributed by atoms with Gasteiger partial charge in [0, 0.05) is 0 Å². The van der Waals surface area contributed by atoms with Crippen LogP contribution in [0.25, 0.3) is 0 Å². The molecule has 1 heterocycles. The second kappa shape index (κ2) is 5.71. The Balaban J connectivity index is 2.09. The van der Waals surface area contributed by atoms with Gasteiger partial charge in [0.15, 0.2) is 5.75 Å². The fourth-order valence-electron chi connectivity index (χ4n) is 2.23. The van der Waals surface area contributed by atoms with Crippen molar-refractivity contribution in [1.29, 1.82) is 0 Å². The molecule has 5 heteroatoms. The lowest BCUT2D eigenvalue weighted by molar-refractivity contribution is -0.119. The van der Waals surface area contributed by atoms with Gasteiger partial charge >= 0.3 is 0 Å². The van der Waals surface area contributed by atoms with Crippen LogP contribution in [0.15, 0.2) is 22.7 Å². The minimum Gasteiger partial charge on any atom is -0.505 e. The highest BCUT2D eigenvalue weighted by Gasteiger charge is 2.27. The average molecular weight is 313 g/mol. The number of piperidine rings is 1. The predicted molar refractivity (Wildman–Crippen MR) is 74.6 cm³/mol. The van der Waals surface area contributed by atoms with Crippen molar-refractivity contribution in [2.24, 2.45) is 5.92 Å². The number of nitrogens with one attached hydrogen (secondary N) is 2. The van der Waals surface area contributed by atoms with Crippen LogP contribution in [0.1, 0.15) is 19.8 Å². The van der Waals surface area contributed by atoms with E-state index in [4.69, 9.17) is 0 Å². The van der Waals surface area contributed by atoms with Crippen molar-refractivity contribution in [2.45, 2.75) is 25.8 Å². The summed E-state index contributed by atoms with van der Waals surface area (Å²) in [6, 6.07) is 5.01. The van der Waals surface area contributed by atoms with E-state index in [-0.39, 0.29) is 17.7 Å². The first kappa shape index (κ1) is 13.4. The topological polar surface area (TPSA) is 61.4 Å². The molecule has 0 aliphatic carbocycles. The Hall–Kier alpha value is -1.07. The minimum absolute atomic E-state index is 0.0642. The Labute approximate surface area is 115 Å². The number of aromatic hydroxyl groups is 1. The number of benzene rings is 1. The Morgan fingerprint density at radius 2 is 2.33 bits per heavy atom. The first-order valence-corrected chi connectivity index (χ1v) is 6.90. The molecule has 1 aliphatic rings.